The molecule has 7 nitrogen and oxygen atoms in total. The number of carbonyl (C=O) groups excluding carboxylic acids is 1. The van der Waals surface area contributed by atoms with E-state index in [2.05, 4.69) is 27.2 Å². The second-order valence-corrected chi connectivity index (χ2v) is 6.65. The molecule has 162 valence electrons. The van der Waals surface area contributed by atoms with E-state index in [1.54, 1.807) is 12.1 Å². The van der Waals surface area contributed by atoms with Crippen molar-refractivity contribution in [3.05, 3.63) is 59.9 Å². The molecule has 3 rings (SSSR count). The number of amides is 1. The summed E-state index contributed by atoms with van der Waals surface area (Å²) in [6.45, 7) is 5.93. The highest BCUT2D eigenvalue weighted by Crippen LogP contribution is 2.34. The number of aromatic nitrogens is 2. The van der Waals surface area contributed by atoms with Crippen LogP contribution in [0, 0.1) is 5.82 Å². The van der Waals surface area contributed by atoms with Gasteiger partial charge in [-0.15, -0.1) is 0 Å². The molecule has 0 bridgehead atoms. The number of anilines is 3. The number of rotatable bonds is 9. The van der Waals surface area contributed by atoms with Crippen molar-refractivity contribution >= 4 is 45.6 Å². The van der Waals surface area contributed by atoms with Crippen LogP contribution in [-0.2, 0) is 9.53 Å². The zero-order chi connectivity index (χ0) is 22.4. The number of nitrogens with zero attached hydrogens (tertiary/aromatic N) is 2. The molecule has 0 aliphatic rings. The first-order chi connectivity index (χ1) is 14.9. The van der Waals surface area contributed by atoms with Gasteiger partial charge in [-0.25, -0.2) is 18.7 Å². The van der Waals surface area contributed by atoms with Gasteiger partial charge in [0.25, 0.3) is 5.91 Å². The van der Waals surface area contributed by atoms with Gasteiger partial charge in [-0.1, -0.05) is 18.2 Å². The van der Waals surface area contributed by atoms with Crippen LogP contribution in [0.4, 0.5) is 26.0 Å². The normalized spacial score (nSPS) is 10.7. The van der Waals surface area contributed by atoms with E-state index in [1.807, 2.05) is 6.92 Å². The Bertz CT molecular complexity index is 1130. The van der Waals surface area contributed by atoms with Gasteiger partial charge in [0.05, 0.1) is 22.8 Å². The van der Waals surface area contributed by atoms with E-state index in [1.165, 1.54) is 24.5 Å². The van der Waals surface area contributed by atoms with Crippen molar-refractivity contribution in [2.24, 2.45) is 0 Å². The number of ether oxygens (including phenoxy) is 2. The molecular formula is C21H19ClF2N4O3. The number of halogens is 3. The Labute approximate surface area is 182 Å². The monoisotopic (exact) mass is 448 g/mol. The van der Waals surface area contributed by atoms with Gasteiger partial charge in [0.2, 0.25) is 0 Å². The lowest BCUT2D eigenvalue weighted by Crippen LogP contribution is -2.14. The Morgan fingerprint density at radius 2 is 2.03 bits per heavy atom. The predicted octanol–water partition coefficient (Wildman–Crippen LogP) is 5.00. The summed E-state index contributed by atoms with van der Waals surface area (Å²) in [5.41, 5.74) is 1.18. The fourth-order valence-corrected chi connectivity index (χ4v) is 2.84. The van der Waals surface area contributed by atoms with Crippen LogP contribution in [0.25, 0.3) is 10.9 Å². The van der Waals surface area contributed by atoms with Crippen molar-refractivity contribution in [2.45, 2.75) is 6.92 Å². The Hall–Kier alpha value is -3.30. The largest absolute Gasteiger partial charge is 0.489 e. The molecule has 0 fully saturated rings. The Kier molecular flexibility index (Phi) is 7.32. The van der Waals surface area contributed by atoms with Crippen LogP contribution in [0.5, 0.6) is 5.75 Å². The van der Waals surface area contributed by atoms with E-state index in [0.717, 1.165) is 0 Å². The molecular weight excluding hydrogens is 430 g/mol. The highest BCUT2D eigenvalue weighted by atomic mass is 35.5. The molecule has 2 N–H and O–H groups in total. The minimum atomic E-state index is -1.15. The van der Waals surface area contributed by atoms with E-state index < -0.39 is 17.6 Å². The first-order valence-corrected chi connectivity index (χ1v) is 9.64. The van der Waals surface area contributed by atoms with Crippen LogP contribution in [-0.4, -0.2) is 35.7 Å². The van der Waals surface area contributed by atoms with Crippen LogP contribution < -0.4 is 15.4 Å². The van der Waals surface area contributed by atoms with Gasteiger partial charge in [0.1, 0.15) is 30.3 Å². The van der Waals surface area contributed by atoms with Crippen molar-refractivity contribution in [1.82, 2.24) is 9.97 Å². The summed E-state index contributed by atoms with van der Waals surface area (Å²) in [6.07, 6.45) is 1.33. The number of carbonyl (C=O) groups is 1. The highest BCUT2D eigenvalue weighted by molar-refractivity contribution is 6.31. The lowest BCUT2D eigenvalue weighted by molar-refractivity contribution is -0.114. The smallest absolute Gasteiger partial charge is 0.283 e. The van der Waals surface area contributed by atoms with Gasteiger partial charge in [-0.3, -0.25) is 4.79 Å². The molecule has 1 heterocycles. The summed E-state index contributed by atoms with van der Waals surface area (Å²) < 4.78 is 37.6. The third-order valence-corrected chi connectivity index (χ3v) is 4.39. The van der Waals surface area contributed by atoms with Crippen LogP contribution in [0.3, 0.4) is 0 Å². The average Bonchev–Trinajstić information content (AvgIpc) is 2.74. The number of fused-ring (bicyclic) bond motifs is 1. The maximum atomic E-state index is 13.4. The van der Waals surface area contributed by atoms with E-state index >= 15 is 0 Å². The molecule has 0 saturated heterocycles. The average molecular weight is 449 g/mol. The minimum absolute atomic E-state index is 0.0530. The zero-order valence-electron chi connectivity index (χ0n) is 16.5. The quantitative estimate of drug-likeness (QED) is 0.354. The lowest BCUT2D eigenvalue weighted by atomic mass is 10.1. The molecule has 0 atom stereocenters. The molecule has 0 spiro atoms. The molecule has 0 aliphatic carbocycles. The zero-order valence-corrected chi connectivity index (χ0v) is 17.3. The SMILES string of the molecule is C=C(F)C(=O)Nc1cc2c(Nc3ccc(F)c(Cl)c3)ncnc2cc1OCCOCC. The molecule has 3 aromatic rings. The highest BCUT2D eigenvalue weighted by Gasteiger charge is 2.15. The van der Waals surface area contributed by atoms with Crippen LogP contribution in [0.1, 0.15) is 6.92 Å². The van der Waals surface area contributed by atoms with Crippen LogP contribution in [0.15, 0.2) is 49.1 Å². The van der Waals surface area contributed by atoms with Gasteiger partial charge < -0.3 is 20.1 Å². The lowest BCUT2D eigenvalue weighted by Gasteiger charge is -2.15. The van der Waals surface area contributed by atoms with Crippen molar-refractivity contribution < 1.29 is 23.0 Å². The van der Waals surface area contributed by atoms with Gasteiger partial charge in [0, 0.05) is 23.7 Å². The molecule has 31 heavy (non-hydrogen) atoms. The molecule has 0 unspecified atom stereocenters. The van der Waals surface area contributed by atoms with Crippen molar-refractivity contribution in [3.63, 3.8) is 0 Å². The maximum absolute atomic E-state index is 13.4. The summed E-state index contributed by atoms with van der Waals surface area (Å²) >= 11 is 5.84. The Balaban J connectivity index is 1.99. The number of hydrogen-bond acceptors (Lipinski definition) is 6. The third-order valence-electron chi connectivity index (χ3n) is 4.10. The second kappa shape index (κ2) is 10.1. The van der Waals surface area contributed by atoms with Gasteiger partial charge >= 0.3 is 0 Å². The summed E-state index contributed by atoms with van der Waals surface area (Å²) in [5.74, 6) is -2.07. The van der Waals surface area contributed by atoms with Crippen molar-refractivity contribution in [2.75, 3.05) is 30.5 Å². The van der Waals surface area contributed by atoms with Crippen LogP contribution in [0.2, 0.25) is 5.02 Å². The fraction of sp³-hybridized carbons (Fsp3) is 0.190. The molecule has 1 aromatic heterocycles. The second-order valence-electron chi connectivity index (χ2n) is 6.25. The molecule has 0 aliphatic heterocycles. The summed E-state index contributed by atoms with van der Waals surface area (Å²) in [5, 5.41) is 5.89. The summed E-state index contributed by atoms with van der Waals surface area (Å²) in [7, 11) is 0. The Morgan fingerprint density at radius 3 is 2.74 bits per heavy atom. The van der Waals surface area contributed by atoms with Gasteiger partial charge in [-0.05, 0) is 31.2 Å². The third kappa shape index (κ3) is 5.65. The minimum Gasteiger partial charge on any atom is -0.489 e. The fourth-order valence-electron chi connectivity index (χ4n) is 2.66. The standard InChI is InChI=1S/C21H19ClF2N4O3/c1-3-30-6-7-31-19-10-17-14(9-18(19)28-21(29)12(2)23)20(26-11-25-17)27-13-4-5-16(24)15(22)8-13/h4-5,8-11H,2-3,6-7H2,1H3,(H,28,29)(H,25,26,27). The summed E-state index contributed by atoms with van der Waals surface area (Å²) in [6, 6.07) is 7.25. The summed E-state index contributed by atoms with van der Waals surface area (Å²) in [4.78, 5) is 20.3. The molecule has 1 amide bonds. The van der Waals surface area contributed by atoms with Crippen LogP contribution >= 0.6 is 11.6 Å². The van der Waals surface area contributed by atoms with E-state index in [4.69, 9.17) is 21.1 Å². The van der Waals surface area contributed by atoms with Gasteiger partial charge in [-0.2, -0.15) is 0 Å². The van der Waals surface area contributed by atoms with Crippen molar-refractivity contribution in [3.8, 4) is 5.75 Å². The molecule has 10 heteroatoms. The van der Waals surface area contributed by atoms with E-state index in [-0.39, 0.29) is 23.1 Å². The maximum Gasteiger partial charge on any atom is 0.283 e. The topological polar surface area (TPSA) is 85.4 Å². The number of nitrogens with one attached hydrogen (secondary N) is 2. The van der Waals surface area contributed by atoms with Gasteiger partial charge in [0.15, 0.2) is 5.83 Å². The predicted molar refractivity (Wildman–Crippen MR) is 115 cm³/mol. The first kappa shape index (κ1) is 22.4. The number of benzene rings is 2. The first-order valence-electron chi connectivity index (χ1n) is 9.26. The van der Waals surface area contributed by atoms with E-state index in [9.17, 15) is 13.6 Å². The van der Waals surface area contributed by atoms with Crippen molar-refractivity contribution in [1.29, 1.82) is 0 Å². The number of hydrogen-bond donors (Lipinski definition) is 2. The molecule has 2 aromatic carbocycles. The Morgan fingerprint density at radius 1 is 1.23 bits per heavy atom. The molecule has 0 saturated carbocycles. The van der Waals surface area contributed by atoms with E-state index in [0.29, 0.717) is 35.6 Å². The molecule has 0 radical (unpaired) electrons.